The van der Waals surface area contributed by atoms with E-state index in [9.17, 15) is 22.4 Å². The number of amides is 1. The van der Waals surface area contributed by atoms with Crippen molar-refractivity contribution >= 4 is 11.7 Å². The Kier molecular flexibility index (Phi) is 5.24. The third-order valence-electron chi connectivity index (χ3n) is 5.60. The van der Waals surface area contributed by atoms with Gasteiger partial charge in [0.2, 0.25) is 5.91 Å². The second-order valence-corrected chi connectivity index (χ2v) is 7.58. The van der Waals surface area contributed by atoms with E-state index < -0.39 is 29.2 Å². The molecule has 0 saturated heterocycles. The maximum atomic E-state index is 13.1. The van der Waals surface area contributed by atoms with Gasteiger partial charge in [-0.05, 0) is 37.5 Å². The van der Waals surface area contributed by atoms with Gasteiger partial charge < -0.3 is 5.32 Å². The number of aryl methyl sites for hydroxylation is 2. The Bertz CT molecular complexity index is 1080. The van der Waals surface area contributed by atoms with Gasteiger partial charge in [0.15, 0.2) is 0 Å². The maximum Gasteiger partial charge on any atom is 0.453 e. The average Bonchev–Trinajstić information content (AvgIpc) is 3.36. The molecule has 10 heteroatoms. The number of nitrogens with one attached hydrogen (secondary N) is 1. The Labute approximate surface area is 175 Å². The van der Waals surface area contributed by atoms with Crippen molar-refractivity contribution in [3.8, 4) is 0 Å². The molecular weight excluding hydrogens is 414 g/mol. The molecule has 31 heavy (non-hydrogen) atoms. The average molecular weight is 433 g/mol. The van der Waals surface area contributed by atoms with Crippen LogP contribution in [-0.4, -0.2) is 25.7 Å². The molecule has 0 radical (unpaired) electrons. The van der Waals surface area contributed by atoms with Crippen LogP contribution in [-0.2, 0) is 22.9 Å². The van der Waals surface area contributed by atoms with Crippen molar-refractivity contribution < 1.29 is 22.4 Å². The molecule has 0 bridgehead atoms. The third kappa shape index (κ3) is 4.28. The molecule has 2 aromatic heterocycles. The fourth-order valence-corrected chi connectivity index (χ4v) is 3.88. The first kappa shape index (κ1) is 21.0. The van der Waals surface area contributed by atoms with E-state index in [0.717, 1.165) is 11.8 Å². The van der Waals surface area contributed by atoms with Crippen molar-refractivity contribution in [2.75, 3.05) is 5.32 Å². The predicted molar refractivity (Wildman–Crippen MR) is 103 cm³/mol. The van der Waals surface area contributed by atoms with E-state index in [1.54, 1.807) is 0 Å². The Morgan fingerprint density at radius 1 is 1.23 bits per heavy atom. The van der Waals surface area contributed by atoms with Crippen LogP contribution in [0.4, 0.5) is 23.4 Å². The lowest BCUT2D eigenvalue weighted by Gasteiger charge is -2.18. The van der Waals surface area contributed by atoms with Crippen LogP contribution in [0.2, 0.25) is 0 Å². The fourth-order valence-electron chi connectivity index (χ4n) is 3.88. The lowest BCUT2D eigenvalue weighted by Crippen LogP contribution is -2.23. The summed E-state index contributed by atoms with van der Waals surface area (Å²) in [6.07, 6.45) is -2.66. The number of hydrogen-bond donors (Lipinski definition) is 1. The highest BCUT2D eigenvalue weighted by molar-refractivity contribution is 5.95. The molecule has 2 atom stereocenters. The van der Waals surface area contributed by atoms with Crippen molar-refractivity contribution in [2.45, 2.75) is 37.9 Å². The SMILES string of the molecule is Cc1nc(C(F)(F)F)nn1CC[C@@]1(c2ccccc2)C[C@H]1C(=O)Nc1ccc(F)cn1. The highest BCUT2D eigenvalue weighted by Crippen LogP contribution is 2.57. The van der Waals surface area contributed by atoms with E-state index in [0.29, 0.717) is 12.8 Å². The molecule has 3 aromatic rings. The smallest absolute Gasteiger partial charge is 0.310 e. The zero-order chi connectivity index (χ0) is 22.2. The quantitative estimate of drug-likeness (QED) is 0.594. The van der Waals surface area contributed by atoms with Gasteiger partial charge in [-0.1, -0.05) is 30.3 Å². The van der Waals surface area contributed by atoms with E-state index in [1.807, 2.05) is 30.3 Å². The molecule has 0 unspecified atom stereocenters. The van der Waals surface area contributed by atoms with Gasteiger partial charge in [-0.15, -0.1) is 5.10 Å². The first-order valence-electron chi connectivity index (χ1n) is 9.66. The summed E-state index contributed by atoms with van der Waals surface area (Å²) in [5.41, 5.74) is 0.387. The van der Waals surface area contributed by atoms with E-state index in [4.69, 9.17) is 0 Å². The van der Waals surface area contributed by atoms with Crippen LogP contribution >= 0.6 is 0 Å². The lowest BCUT2D eigenvalue weighted by atomic mass is 9.89. The Morgan fingerprint density at radius 3 is 2.58 bits per heavy atom. The van der Waals surface area contributed by atoms with Crippen LogP contribution in [0.15, 0.2) is 48.7 Å². The Morgan fingerprint density at radius 2 is 1.97 bits per heavy atom. The molecule has 1 N–H and O–H groups in total. The first-order chi connectivity index (χ1) is 14.7. The van der Waals surface area contributed by atoms with Crippen molar-refractivity contribution in [3.05, 3.63) is 71.7 Å². The van der Waals surface area contributed by atoms with Gasteiger partial charge in [-0.2, -0.15) is 13.2 Å². The van der Waals surface area contributed by atoms with E-state index in [-0.39, 0.29) is 24.1 Å². The van der Waals surface area contributed by atoms with Crippen LogP contribution in [0.1, 0.15) is 30.1 Å². The molecule has 6 nitrogen and oxygen atoms in total. The Balaban J connectivity index is 1.53. The number of hydrogen-bond acceptors (Lipinski definition) is 4. The van der Waals surface area contributed by atoms with Gasteiger partial charge in [-0.3, -0.25) is 4.79 Å². The van der Waals surface area contributed by atoms with Crippen molar-refractivity contribution in [1.82, 2.24) is 19.7 Å². The molecule has 0 aliphatic heterocycles. The molecule has 0 spiro atoms. The summed E-state index contributed by atoms with van der Waals surface area (Å²) in [5.74, 6) is -1.95. The zero-order valence-corrected chi connectivity index (χ0v) is 16.5. The van der Waals surface area contributed by atoms with Crippen LogP contribution < -0.4 is 5.32 Å². The molecule has 1 fully saturated rings. The van der Waals surface area contributed by atoms with Gasteiger partial charge in [0.25, 0.3) is 5.82 Å². The summed E-state index contributed by atoms with van der Waals surface area (Å²) in [7, 11) is 0. The highest BCUT2D eigenvalue weighted by Gasteiger charge is 2.58. The lowest BCUT2D eigenvalue weighted by molar-refractivity contribution is -0.145. The van der Waals surface area contributed by atoms with Gasteiger partial charge in [-0.25, -0.2) is 19.0 Å². The largest absolute Gasteiger partial charge is 0.453 e. The highest BCUT2D eigenvalue weighted by atomic mass is 19.4. The molecule has 1 saturated carbocycles. The summed E-state index contributed by atoms with van der Waals surface area (Å²) in [4.78, 5) is 20.2. The number of benzene rings is 1. The standard InChI is InChI=1S/C21H19F4N5O/c1-13-27-19(21(23,24)25)29-30(13)10-9-20(14-5-3-2-4-6-14)11-16(20)18(31)28-17-8-7-15(22)12-26-17/h2-8,12,16H,9-11H2,1H3,(H,26,28,31)/t16-,20-/m0/s1. The number of halogens is 4. The third-order valence-corrected chi connectivity index (χ3v) is 5.60. The van der Waals surface area contributed by atoms with Crippen molar-refractivity contribution in [3.63, 3.8) is 0 Å². The van der Waals surface area contributed by atoms with E-state index >= 15 is 0 Å². The fraction of sp³-hybridized carbons (Fsp3) is 0.333. The number of rotatable bonds is 6. The number of alkyl halides is 3. The molecular formula is C21H19F4N5O. The van der Waals surface area contributed by atoms with Gasteiger partial charge in [0.05, 0.1) is 6.20 Å². The number of carbonyl (C=O) groups excluding carboxylic acids is 1. The van der Waals surface area contributed by atoms with Crippen molar-refractivity contribution in [2.24, 2.45) is 5.92 Å². The van der Waals surface area contributed by atoms with Gasteiger partial charge in [0.1, 0.15) is 17.5 Å². The summed E-state index contributed by atoms with van der Waals surface area (Å²) in [5, 5.41) is 6.27. The van der Waals surface area contributed by atoms with E-state index in [2.05, 4.69) is 20.4 Å². The van der Waals surface area contributed by atoms with Crippen LogP contribution in [0, 0.1) is 18.7 Å². The predicted octanol–water partition coefficient (Wildman–Crippen LogP) is 4.13. The molecule has 1 amide bonds. The molecule has 1 aliphatic rings. The minimum atomic E-state index is -4.61. The number of anilines is 1. The summed E-state index contributed by atoms with van der Waals surface area (Å²) < 4.78 is 53.0. The second-order valence-electron chi connectivity index (χ2n) is 7.58. The van der Waals surface area contributed by atoms with Gasteiger partial charge >= 0.3 is 6.18 Å². The number of nitrogens with zero attached hydrogens (tertiary/aromatic N) is 4. The summed E-state index contributed by atoms with van der Waals surface area (Å²) in [6, 6.07) is 11.9. The number of carbonyl (C=O) groups is 1. The molecule has 1 aliphatic carbocycles. The number of aromatic nitrogens is 4. The van der Waals surface area contributed by atoms with E-state index in [1.165, 1.54) is 23.7 Å². The summed E-state index contributed by atoms with van der Waals surface area (Å²) >= 11 is 0. The number of pyridine rings is 1. The molecule has 162 valence electrons. The van der Waals surface area contributed by atoms with Gasteiger partial charge in [0, 0.05) is 17.9 Å². The zero-order valence-electron chi connectivity index (χ0n) is 16.5. The second kappa shape index (κ2) is 7.75. The van der Waals surface area contributed by atoms with Crippen molar-refractivity contribution in [1.29, 1.82) is 0 Å². The topological polar surface area (TPSA) is 72.7 Å². The maximum absolute atomic E-state index is 13.1. The normalized spacial score (nSPS) is 20.5. The Hall–Kier alpha value is -3.30. The van der Waals surface area contributed by atoms with Crippen LogP contribution in [0.25, 0.3) is 0 Å². The monoisotopic (exact) mass is 433 g/mol. The minimum Gasteiger partial charge on any atom is -0.310 e. The summed E-state index contributed by atoms with van der Waals surface area (Å²) in [6.45, 7) is 1.65. The molecule has 2 heterocycles. The van der Waals surface area contributed by atoms with Crippen LogP contribution in [0.3, 0.4) is 0 Å². The molecule has 1 aromatic carbocycles. The van der Waals surface area contributed by atoms with Crippen LogP contribution in [0.5, 0.6) is 0 Å². The first-order valence-corrected chi connectivity index (χ1v) is 9.66. The molecule has 4 rings (SSSR count). The minimum absolute atomic E-state index is 0.160.